The summed E-state index contributed by atoms with van der Waals surface area (Å²) in [7, 11) is 0. The minimum atomic E-state index is -0.715. The largest absolute Gasteiger partial charge is 0.451 e. The Balaban J connectivity index is 1.68. The summed E-state index contributed by atoms with van der Waals surface area (Å²) in [5.41, 5.74) is 2.66. The third-order valence-corrected chi connectivity index (χ3v) is 5.63. The quantitative estimate of drug-likeness (QED) is 0.629. The molecule has 3 rings (SSSR count). The number of thiophene rings is 1. The summed E-state index contributed by atoms with van der Waals surface area (Å²) < 4.78 is 18.9. The molecule has 0 saturated carbocycles. The number of halogens is 2. The van der Waals surface area contributed by atoms with E-state index < -0.39 is 24.3 Å². The van der Waals surface area contributed by atoms with Gasteiger partial charge in [0, 0.05) is 15.8 Å². The number of anilines is 1. The fourth-order valence-corrected chi connectivity index (χ4v) is 3.87. The number of nitrogens with one attached hydrogen (secondary N) is 1. The van der Waals surface area contributed by atoms with E-state index in [-0.39, 0.29) is 9.90 Å². The molecule has 0 spiro atoms. The zero-order valence-corrected chi connectivity index (χ0v) is 15.6. The number of carbonyl (C=O) groups excluding carboxylic acids is 2. The van der Waals surface area contributed by atoms with Gasteiger partial charge in [0.25, 0.3) is 5.91 Å². The molecule has 3 aromatic rings. The Kier molecular flexibility index (Phi) is 5.25. The molecule has 0 saturated heterocycles. The molecule has 0 atom stereocenters. The van der Waals surface area contributed by atoms with Crippen molar-refractivity contribution >= 4 is 50.6 Å². The van der Waals surface area contributed by atoms with Gasteiger partial charge in [0.15, 0.2) is 6.61 Å². The molecular formula is C19H15ClFNO3S. The Morgan fingerprint density at radius 2 is 2.00 bits per heavy atom. The molecule has 0 aliphatic rings. The second-order valence-electron chi connectivity index (χ2n) is 5.76. The van der Waals surface area contributed by atoms with Crippen LogP contribution in [0.3, 0.4) is 0 Å². The highest BCUT2D eigenvalue weighted by atomic mass is 35.5. The van der Waals surface area contributed by atoms with E-state index in [9.17, 15) is 14.0 Å². The van der Waals surface area contributed by atoms with Crippen molar-refractivity contribution in [2.24, 2.45) is 0 Å². The lowest BCUT2D eigenvalue weighted by molar-refractivity contribution is -0.119. The monoisotopic (exact) mass is 391 g/mol. The topological polar surface area (TPSA) is 55.4 Å². The van der Waals surface area contributed by atoms with Crippen LogP contribution in [0, 0.1) is 19.7 Å². The summed E-state index contributed by atoms with van der Waals surface area (Å²) in [6.07, 6.45) is 0. The molecule has 0 aliphatic heterocycles. The van der Waals surface area contributed by atoms with E-state index in [1.165, 1.54) is 18.2 Å². The van der Waals surface area contributed by atoms with Crippen LogP contribution in [0.1, 0.15) is 20.8 Å². The van der Waals surface area contributed by atoms with Crippen LogP contribution in [-0.4, -0.2) is 18.5 Å². The Morgan fingerprint density at radius 1 is 1.23 bits per heavy atom. The SMILES string of the molecule is Cc1cccc(NC(=O)COC(=O)c2sc3cc(F)ccc3c2Cl)c1C. The van der Waals surface area contributed by atoms with E-state index in [0.717, 1.165) is 22.5 Å². The zero-order chi connectivity index (χ0) is 18.8. The molecule has 0 fully saturated rings. The van der Waals surface area contributed by atoms with Crippen LogP contribution in [0.2, 0.25) is 5.02 Å². The molecule has 26 heavy (non-hydrogen) atoms. The fourth-order valence-electron chi connectivity index (χ4n) is 2.44. The van der Waals surface area contributed by atoms with Gasteiger partial charge in [0.1, 0.15) is 10.7 Å². The standard InChI is InChI=1S/C19H15ClFNO3S/c1-10-4-3-5-14(11(10)2)22-16(23)9-25-19(24)18-17(20)13-7-6-12(21)8-15(13)26-18/h3-8H,9H2,1-2H3,(H,22,23). The number of hydrogen-bond donors (Lipinski definition) is 1. The van der Waals surface area contributed by atoms with Gasteiger partial charge < -0.3 is 10.1 Å². The minimum Gasteiger partial charge on any atom is -0.451 e. The minimum absolute atomic E-state index is 0.145. The molecule has 0 bridgehead atoms. The van der Waals surface area contributed by atoms with E-state index in [1.807, 2.05) is 26.0 Å². The maximum atomic E-state index is 13.3. The van der Waals surface area contributed by atoms with Crippen molar-refractivity contribution in [3.63, 3.8) is 0 Å². The van der Waals surface area contributed by atoms with Gasteiger partial charge in [-0.3, -0.25) is 4.79 Å². The van der Waals surface area contributed by atoms with Gasteiger partial charge in [0.05, 0.1) is 5.02 Å². The Morgan fingerprint density at radius 3 is 2.77 bits per heavy atom. The number of esters is 1. The number of amides is 1. The summed E-state index contributed by atoms with van der Waals surface area (Å²) >= 11 is 7.20. The first kappa shape index (κ1) is 18.4. The molecule has 0 unspecified atom stereocenters. The van der Waals surface area contributed by atoms with Gasteiger partial charge in [-0.15, -0.1) is 11.3 Å². The van der Waals surface area contributed by atoms with Crippen LogP contribution in [0.4, 0.5) is 10.1 Å². The molecule has 1 aromatic heterocycles. The highest BCUT2D eigenvalue weighted by Crippen LogP contribution is 2.36. The number of carbonyl (C=O) groups is 2. The second kappa shape index (κ2) is 7.43. The number of rotatable bonds is 4. The maximum absolute atomic E-state index is 13.3. The van der Waals surface area contributed by atoms with Gasteiger partial charge in [0.2, 0.25) is 0 Å². The number of benzene rings is 2. The van der Waals surface area contributed by atoms with E-state index in [2.05, 4.69) is 5.32 Å². The van der Waals surface area contributed by atoms with Gasteiger partial charge in [-0.05, 0) is 49.2 Å². The number of hydrogen-bond acceptors (Lipinski definition) is 4. The predicted octanol–water partition coefficient (Wildman–Crippen LogP) is 5.11. The van der Waals surface area contributed by atoms with Crippen molar-refractivity contribution < 1.29 is 18.7 Å². The number of fused-ring (bicyclic) bond motifs is 1. The lowest BCUT2D eigenvalue weighted by Crippen LogP contribution is -2.21. The van der Waals surface area contributed by atoms with Crippen molar-refractivity contribution in [2.75, 3.05) is 11.9 Å². The maximum Gasteiger partial charge on any atom is 0.350 e. The van der Waals surface area contributed by atoms with Gasteiger partial charge in [-0.2, -0.15) is 0 Å². The first-order valence-corrected chi connectivity index (χ1v) is 8.97. The molecule has 2 aromatic carbocycles. The Hall–Kier alpha value is -2.44. The molecule has 1 heterocycles. The third kappa shape index (κ3) is 3.71. The third-order valence-electron chi connectivity index (χ3n) is 3.99. The molecule has 134 valence electrons. The molecule has 0 radical (unpaired) electrons. The summed E-state index contributed by atoms with van der Waals surface area (Å²) in [5.74, 6) is -1.58. The van der Waals surface area contributed by atoms with Crippen LogP contribution in [0.25, 0.3) is 10.1 Å². The lowest BCUT2D eigenvalue weighted by Gasteiger charge is -2.10. The first-order valence-electron chi connectivity index (χ1n) is 7.77. The average molecular weight is 392 g/mol. The van der Waals surface area contributed by atoms with Crippen LogP contribution in [-0.2, 0) is 9.53 Å². The molecule has 7 heteroatoms. The fraction of sp³-hybridized carbons (Fsp3) is 0.158. The van der Waals surface area contributed by atoms with Crippen molar-refractivity contribution in [2.45, 2.75) is 13.8 Å². The van der Waals surface area contributed by atoms with Crippen LogP contribution >= 0.6 is 22.9 Å². The summed E-state index contributed by atoms with van der Waals surface area (Å²) in [6, 6.07) is 9.63. The summed E-state index contributed by atoms with van der Waals surface area (Å²) in [6.45, 7) is 3.40. The molecule has 1 amide bonds. The van der Waals surface area contributed by atoms with Crippen LogP contribution in [0.5, 0.6) is 0 Å². The van der Waals surface area contributed by atoms with E-state index in [0.29, 0.717) is 15.8 Å². The summed E-state index contributed by atoms with van der Waals surface area (Å²) in [5, 5.41) is 3.48. The second-order valence-corrected chi connectivity index (χ2v) is 7.19. The molecule has 4 nitrogen and oxygen atoms in total. The highest BCUT2D eigenvalue weighted by Gasteiger charge is 2.20. The highest BCUT2D eigenvalue weighted by molar-refractivity contribution is 7.21. The Bertz CT molecular complexity index is 1020. The van der Waals surface area contributed by atoms with Crippen molar-refractivity contribution in [3.05, 3.63) is 63.2 Å². The van der Waals surface area contributed by atoms with Gasteiger partial charge in [-0.1, -0.05) is 23.7 Å². The van der Waals surface area contributed by atoms with Crippen molar-refractivity contribution in [1.82, 2.24) is 0 Å². The molecule has 0 aliphatic carbocycles. The van der Waals surface area contributed by atoms with Crippen molar-refractivity contribution in [1.29, 1.82) is 0 Å². The average Bonchev–Trinajstić information content (AvgIpc) is 2.93. The van der Waals surface area contributed by atoms with Crippen LogP contribution in [0.15, 0.2) is 36.4 Å². The predicted molar refractivity (Wildman–Crippen MR) is 102 cm³/mol. The van der Waals surface area contributed by atoms with Gasteiger partial charge in [-0.25, -0.2) is 9.18 Å². The van der Waals surface area contributed by atoms with E-state index >= 15 is 0 Å². The number of aryl methyl sites for hydroxylation is 1. The smallest absolute Gasteiger partial charge is 0.350 e. The van der Waals surface area contributed by atoms with Gasteiger partial charge >= 0.3 is 5.97 Å². The first-order chi connectivity index (χ1) is 12.4. The van der Waals surface area contributed by atoms with E-state index in [1.54, 1.807) is 6.07 Å². The number of ether oxygens (including phenoxy) is 1. The normalized spacial score (nSPS) is 10.8. The van der Waals surface area contributed by atoms with Crippen LogP contribution < -0.4 is 5.32 Å². The van der Waals surface area contributed by atoms with E-state index in [4.69, 9.17) is 16.3 Å². The zero-order valence-electron chi connectivity index (χ0n) is 14.1. The summed E-state index contributed by atoms with van der Waals surface area (Å²) in [4.78, 5) is 24.4. The Labute approximate surface area is 158 Å². The lowest BCUT2D eigenvalue weighted by atomic mass is 10.1. The molecular weight excluding hydrogens is 377 g/mol. The molecule has 1 N–H and O–H groups in total. The van der Waals surface area contributed by atoms with Crippen molar-refractivity contribution in [3.8, 4) is 0 Å².